The van der Waals surface area contributed by atoms with Gasteiger partial charge >= 0.3 is 0 Å². The molecular weight excluding hydrogens is 220 g/mol. The monoisotopic (exact) mass is 240 g/mol. The van der Waals surface area contributed by atoms with E-state index in [9.17, 15) is 0 Å². The minimum atomic E-state index is 0.491. The summed E-state index contributed by atoms with van der Waals surface area (Å²) in [6.45, 7) is 4.22. The molecule has 0 aliphatic heterocycles. The molecule has 1 aromatic heterocycles. The van der Waals surface area contributed by atoms with Crippen LogP contribution in [0.3, 0.4) is 0 Å². The molecule has 17 heavy (non-hydrogen) atoms. The molecule has 0 saturated carbocycles. The molecule has 0 radical (unpaired) electrons. The Morgan fingerprint density at radius 1 is 1.18 bits per heavy atom. The summed E-state index contributed by atoms with van der Waals surface area (Å²) in [4.78, 5) is 10.6. The molecule has 0 atom stereocenters. The molecule has 96 valence electrons. The van der Waals surface area contributed by atoms with E-state index in [1.54, 1.807) is 20.3 Å². The van der Waals surface area contributed by atoms with Gasteiger partial charge in [0, 0.05) is 19.6 Å². The van der Waals surface area contributed by atoms with Gasteiger partial charge in [-0.3, -0.25) is 0 Å². The first-order chi connectivity index (χ1) is 8.24. The van der Waals surface area contributed by atoms with Gasteiger partial charge < -0.3 is 20.1 Å². The Balaban J connectivity index is 2.99. The van der Waals surface area contributed by atoms with Crippen LogP contribution < -0.4 is 20.1 Å². The molecule has 0 saturated heterocycles. The fourth-order valence-corrected chi connectivity index (χ4v) is 1.48. The normalized spacial score (nSPS) is 10.1. The summed E-state index contributed by atoms with van der Waals surface area (Å²) < 4.78 is 10.2. The third-order valence-electron chi connectivity index (χ3n) is 2.26. The number of ether oxygens (including phenoxy) is 2. The lowest BCUT2D eigenvalue weighted by atomic mass is 10.4. The summed E-state index contributed by atoms with van der Waals surface area (Å²) in [5.74, 6) is 1.57. The van der Waals surface area contributed by atoms with E-state index in [1.165, 1.54) is 0 Å². The largest absolute Gasteiger partial charge is 0.481 e. The van der Waals surface area contributed by atoms with Crippen molar-refractivity contribution in [3.05, 3.63) is 6.07 Å². The number of anilines is 1. The van der Waals surface area contributed by atoms with E-state index in [0.29, 0.717) is 30.8 Å². The Labute approximate surface area is 102 Å². The standard InChI is InChI=1S/C11H20N4O2/c1-4-6-15(7-5-12)11-13-9(16-2)8-10(14-11)17-3/h8H,4-7,12H2,1-3H3. The number of rotatable bonds is 7. The minimum Gasteiger partial charge on any atom is -0.481 e. The first kappa shape index (κ1) is 13.5. The zero-order valence-electron chi connectivity index (χ0n) is 10.6. The molecule has 1 aromatic rings. The maximum absolute atomic E-state index is 5.58. The van der Waals surface area contributed by atoms with Crippen LogP contribution in [0.5, 0.6) is 11.8 Å². The van der Waals surface area contributed by atoms with Crippen molar-refractivity contribution >= 4 is 5.95 Å². The highest BCUT2D eigenvalue weighted by atomic mass is 16.5. The maximum atomic E-state index is 5.58. The van der Waals surface area contributed by atoms with Crippen molar-refractivity contribution in [1.82, 2.24) is 9.97 Å². The number of hydrogen-bond donors (Lipinski definition) is 1. The van der Waals surface area contributed by atoms with Crippen LogP contribution in [0, 0.1) is 0 Å². The molecule has 6 heteroatoms. The van der Waals surface area contributed by atoms with Gasteiger partial charge in [0.15, 0.2) is 0 Å². The number of aromatic nitrogens is 2. The predicted molar refractivity (Wildman–Crippen MR) is 66.7 cm³/mol. The van der Waals surface area contributed by atoms with Crippen LogP contribution in [0.4, 0.5) is 5.95 Å². The molecule has 0 aromatic carbocycles. The lowest BCUT2D eigenvalue weighted by Gasteiger charge is -2.21. The van der Waals surface area contributed by atoms with Crippen LogP contribution in [0.2, 0.25) is 0 Å². The van der Waals surface area contributed by atoms with Crippen LogP contribution in [0.1, 0.15) is 13.3 Å². The van der Waals surface area contributed by atoms with E-state index in [2.05, 4.69) is 16.9 Å². The van der Waals surface area contributed by atoms with E-state index in [1.807, 2.05) is 4.90 Å². The van der Waals surface area contributed by atoms with Crippen molar-refractivity contribution in [3.8, 4) is 11.8 Å². The highest BCUT2D eigenvalue weighted by molar-refractivity contribution is 5.36. The first-order valence-electron chi connectivity index (χ1n) is 5.67. The number of methoxy groups -OCH3 is 2. The van der Waals surface area contributed by atoms with Crippen LogP contribution in [0.15, 0.2) is 6.07 Å². The summed E-state index contributed by atoms with van der Waals surface area (Å²) in [5.41, 5.74) is 5.58. The van der Waals surface area contributed by atoms with Gasteiger partial charge in [0.2, 0.25) is 17.7 Å². The van der Waals surface area contributed by atoms with Crippen molar-refractivity contribution in [1.29, 1.82) is 0 Å². The van der Waals surface area contributed by atoms with Crippen LogP contribution in [-0.2, 0) is 0 Å². The van der Waals surface area contributed by atoms with Gasteiger partial charge in [-0.2, -0.15) is 9.97 Å². The Bertz CT molecular complexity index is 318. The van der Waals surface area contributed by atoms with Gasteiger partial charge in [-0.1, -0.05) is 6.92 Å². The molecule has 1 heterocycles. The molecule has 0 aliphatic carbocycles. The Kier molecular flexibility index (Phi) is 5.48. The fraction of sp³-hybridized carbons (Fsp3) is 0.636. The summed E-state index contributed by atoms with van der Waals surface area (Å²) >= 11 is 0. The van der Waals surface area contributed by atoms with Crippen LogP contribution in [0.25, 0.3) is 0 Å². The molecule has 0 spiro atoms. The number of nitrogens with two attached hydrogens (primary N) is 1. The maximum Gasteiger partial charge on any atom is 0.232 e. The molecule has 0 amide bonds. The van der Waals surface area contributed by atoms with E-state index in [4.69, 9.17) is 15.2 Å². The average Bonchev–Trinajstić information content (AvgIpc) is 2.37. The first-order valence-corrected chi connectivity index (χ1v) is 5.67. The number of hydrogen-bond acceptors (Lipinski definition) is 6. The molecular formula is C11H20N4O2. The van der Waals surface area contributed by atoms with Crippen molar-refractivity contribution < 1.29 is 9.47 Å². The van der Waals surface area contributed by atoms with E-state index in [0.717, 1.165) is 13.0 Å². The van der Waals surface area contributed by atoms with E-state index >= 15 is 0 Å². The quantitative estimate of drug-likeness (QED) is 0.755. The van der Waals surface area contributed by atoms with Gasteiger partial charge in [0.25, 0.3) is 0 Å². The Morgan fingerprint density at radius 3 is 2.18 bits per heavy atom. The Morgan fingerprint density at radius 2 is 1.76 bits per heavy atom. The third-order valence-corrected chi connectivity index (χ3v) is 2.26. The van der Waals surface area contributed by atoms with Crippen molar-refractivity contribution in [3.63, 3.8) is 0 Å². The second kappa shape index (κ2) is 6.90. The van der Waals surface area contributed by atoms with Gasteiger partial charge in [-0.15, -0.1) is 0 Å². The van der Waals surface area contributed by atoms with Crippen molar-refractivity contribution in [2.75, 3.05) is 38.8 Å². The second-order valence-corrected chi connectivity index (χ2v) is 3.53. The summed E-state index contributed by atoms with van der Waals surface area (Å²) in [6, 6.07) is 1.65. The molecule has 0 fully saturated rings. The third kappa shape index (κ3) is 3.74. The molecule has 6 nitrogen and oxygen atoms in total. The Hall–Kier alpha value is -1.56. The lowest BCUT2D eigenvalue weighted by Crippen LogP contribution is -2.31. The van der Waals surface area contributed by atoms with Gasteiger partial charge in [-0.25, -0.2) is 0 Å². The smallest absolute Gasteiger partial charge is 0.232 e. The second-order valence-electron chi connectivity index (χ2n) is 3.53. The van der Waals surface area contributed by atoms with Crippen molar-refractivity contribution in [2.24, 2.45) is 5.73 Å². The highest BCUT2D eigenvalue weighted by Gasteiger charge is 2.11. The summed E-state index contributed by atoms with van der Waals surface area (Å²) in [7, 11) is 3.14. The van der Waals surface area contributed by atoms with Gasteiger partial charge in [0.05, 0.1) is 20.3 Å². The van der Waals surface area contributed by atoms with Crippen LogP contribution in [-0.4, -0.2) is 43.8 Å². The predicted octanol–water partition coefficient (Wildman–Crippen LogP) is 0.669. The van der Waals surface area contributed by atoms with Gasteiger partial charge in [0.1, 0.15) is 0 Å². The number of nitrogens with zero attached hydrogens (tertiary/aromatic N) is 3. The molecule has 0 aliphatic rings. The average molecular weight is 240 g/mol. The fourth-order valence-electron chi connectivity index (χ4n) is 1.48. The molecule has 2 N–H and O–H groups in total. The summed E-state index contributed by atoms with van der Waals surface area (Å²) in [5, 5.41) is 0. The van der Waals surface area contributed by atoms with Crippen molar-refractivity contribution in [2.45, 2.75) is 13.3 Å². The zero-order valence-corrected chi connectivity index (χ0v) is 10.6. The van der Waals surface area contributed by atoms with Crippen LogP contribution >= 0.6 is 0 Å². The zero-order chi connectivity index (χ0) is 12.7. The molecule has 1 rings (SSSR count). The van der Waals surface area contributed by atoms with E-state index < -0.39 is 0 Å². The minimum absolute atomic E-state index is 0.491. The SMILES string of the molecule is CCCN(CCN)c1nc(OC)cc(OC)n1. The summed E-state index contributed by atoms with van der Waals surface area (Å²) in [6.07, 6.45) is 1.00. The highest BCUT2D eigenvalue weighted by Crippen LogP contribution is 2.19. The molecule has 0 unspecified atom stereocenters. The molecule has 0 bridgehead atoms. The van der Waals surface area contributed by atoms with Gasteiger partial charge in [-0.05, 0) is 6.42 Å². The van der Waals surface area contributed by atoms with E-state index in [-0.39, 0.29) is 0 Å². The topological polar surface area (TPSA) is 73.5 Å². The lowest BCUT2D eigenvalue weighted by molar-refractivity contribution is 0.371.